The summed E-state index contributed by atoms with van der Waals surface area (Å²) in [5.41, 5.74) is 0.0996. The molecule has 126 valence electrons. The summed E-state index contributed by atoms with van der Waals surface area (Å²) in [5.74, 6) is 0. The number of hydrogen-bond acceptors (Lipinski definition) is 4. The first kappa shape index (κ1) is 16.5. The fourth-order valence-corrected chi connectivity index (χ4v) is 2.70. The topological polar surface area (TPSA) is 62.9 Å². The van der Waals surface area contributed by atoms with Crippen molar-refractivity contribution in [1.29, 1.82) is 5.26 Å². The highest BCUT2D eigenvalue weighted by molar-refractivity contribution is 5.25. The lowest BCUT2D eigenvalue weighted by Crippen LogP contribution is -2.26. The van der Waals surface area contributed by atoms with Crippen LogP contribution in [0.5, 0.6) is 0 Å². The molecule has 1 fully saturated rings. The Labute approximate surface area is 136 Å². The van der Waals surface area contributed by atoms with Crippen LogP contribution in [0.4, 0.5) is 13.2 Å². The van der Waals surface area contributed by atoms with Gasteiger partial charge in [-0.1, -0.05) is 12.1 Å². The van der Waals surface area contributed by atoms with Crippen LogP contribution in [-0.2, 0) is 17.5 Å². The molecule has 0 bridgehead atoms. The molecule has 8 heteroatoms. The van der Waals surface area contributed by atoms with Gasteiger partial charge in [0.1, 0.15) is 6.07 Å². The molecular formula is C16H15F3N4O. The van der Waals surface area contributed by atoms with Crippen LogP contribution in [0.2, 0.25) is 0 Å². The molecule has 1 saturated heterocycles. The van der Waals surface area contributed by atoms with Crippen LogP contribution >= 0.6 is 0 Å². The van der Waals surface area contributed by atoms with Crippen LogP contribution in [0.3, 0.4) is 0 Å². The second-order valence-electron chi connectivity index (χ2n) is 5.57. The van der Waals surface area contributed by atoms with Crippen molar-refractivity contribution >= 4 is 0 Å². The highest BCUT2D eigenvalue weighted by Crippen LogP contribution is 2.30. The van der Waals surface area contributed by atoms with E-state index in [1.54, 1.807) is 23.0 Å². The molecule has 2 aromatic rings. The number of hydrogen-bond donors (Lipinski definition) is 1. The fourth-order valence-electron chi connectivity index (χ4n) is 2.70. The molecule has 1 N–H and O–H groups in total. The van der Waals surface area contributed by atoms with Gasteiger partial charge in [-0.25, -0.2) is 0 Å². The molecule has 0 saturated carbocycles. The molecule has 5 nitrogen and oxygen atoms in total. The molecule has 24 heavy (non-hydrogen) atoms. The van der Waals surface area contributed by atoms with Crippen molar-refractivity contribution in [2.24, 2.45) is 0 Å². The van der Waals surface area contributed by atoms with Gasteiger partial charge in [0.15, 0.2) is 5.69 Å². The zero-order chi connectivity index (χ0) is 17.2. The molecule has 1 aromatic heterocycles. The lowest BCUT2D eigenvalue weighted by atomic mass is 10.1. The minimum Gasteiger partial charge on any atom is -0.370 e. The molecule has 1 aliphatic heterocycles. The SMILES string of the molecule is N#Cc1ccn([C@@H]2CNC[C@H]2OCc2cccc(C(F)(F)F)c2)n1. The molecule has 0 aliphatic carbocycles. The number of rotatable bonds is 4. The van der Waals surface area contributed by atoms with E-state index in [0.717, 1.165) is 12.1 Å². The second kappa shape index (κ2) is 6.63. The summed E-state index contributed by atoms with van der Waals surface area (Å²) in [7, 11) is 0. The summed E-state index contributed by atoms with van der Waals surface area (Å²) in [6.45, 7) is 1.28. The van der Waals surface area contributed by atoms with Crippen LogP contribution in [0, 0.1) is 11.3 Å². The Kier molecular flexibility index (Phi) is 4.55. The predicted molar refractivity (Wildman–Crippen MR) is 78.9 cm³/mol. The van der Waals surface area contributed by atoms with Gasteiger partial charge < -0.3 is 10.1 Å². The van der Waals surface area contributed by atoms with E-state index >= 15 is 0 Å². The molecule has 0 radical (unpaired) electrons. The zero-order valence-corrected chi connectivity index (χ0v) is 12.6. The first-order valence-electron chi connectivity index (χ1n) is 7.41. The Balaban J connectivity index is 1.66. The smallest absolute Gasteiger partial charge is 0.370 e. The van der Waals surface area contributed by atoms with Crippen LogP contribution in [0.15, 0.2) is 36.5 Å². The molecule has 1 aliphatic rings. The normalized spacial score (nSPS) is 20.9. The summed E-state index contributed by atoms with van der Waals surface area (Å²) < 4.78 is 45.7. The molecule has 0 spiro atoms. The Hall–Kier alpha value is -2.37. The van der Waals surface area contributed by atoms with Gasteiger partial charge in [0, 0.05) is 19.3 Å². The number of aromatic nitrogens is 2. The van der Waals surface area contributed by atoms with E-state index < -0.39 is 11.7 Å². The second-order valence-corrected chi connectivity index (χ2v) is 5.57. The first-order chi connectivity index (χ1) is 11.5. The third-order valence-corrected chi connectivity index (χ3v) is 3.91. The number of benzene rings is 1. The van der Waals surface area contributed by atoms with Crippen molar-refractivity contribution in [3.05, 3.63) is 53.3 Å². The summed E-state index contributed by atoms with van der Waals surface area (Å²) in [5, 5.41) is 16.2. The van der Waals surface area contributed by atoms with E-state index in [1.807, 2.05) is 6.07 Å². The lowest BCUT2D eigenvalue weighted by Gasteiger charge is -2.20. The predicted octanol–water partition coefficient (Wildman–Crippen LogP) is 2.50. The average molecular weight is 336 g/mol. The molecule has 2 heterocycles. The molecule has 0 unspecified atom stereocenters. The summed E-state index contributed by atoms with van der Waals surface area (Å²) in [4.78, 5) is 0. The molecule has 1 aromatic carbocycles. The largest absolute Gasteiger partial charge is 0.416 e. The van der Waals surface area contributed by atoms with Gasteiger partial charge in [0.25, 0.3) is 0 Å². The Bertz CT molecular complexity index is 750. The summed E-state index contributed by atoms with van der Waals surface area (Å²) >= 11 is 0. The third kappa shape index (κ3) is 3.58. The van der Waals surface area contributed by atoms with Gasteiger partial charge in [0.2, 0.25) is 0 Å². The molecule has 2 atom stereocenters. The van der Waals surface area contributed by atoms with Gasteiger partial charge in [-0.3, -0.25) is 4.68 Å². The average Bonchev–Trinajstić information content (AvgIpc) is 3.21. The van der Waals surface area contributed by atoms with Gasteiger partial charge in [-0.15, -0.1) is 0 Å². The van der Waals surface area contributed by atoms with Crippen molar-refractivity contribution in [3.63, 3.8) is 0 Å². The monoisotopic (exact) mass is 336 g/mol. The van der Waals surface area contributed by atoms with E-state index in [4.69, 9.17) is 10.00 Å². The third-order valence-electron chi connectivity index (χ3n) is 3.91. The maximum atomic E-state index is 12.7. The van der Waals surface area contributed by atoms with Crippen LogP contribution in [-0.4, -0.2) is 29.0 Å². The van der Waals surface area contributed by atoms with Crippen molar-refractivity contribution in [1.82, 2.24) is 15.1 Å². The molecule has 0 amide bonds. The van der Waals surface area contributed by atoms with Crippen molar-refractivity contribution < 1.29 is 17.9 Å². The van der Waals surface area contributed by atoms with Crippen LogP contribution in [0.25, 0.3) is 0 Å². The van der Waals surface area contributed by atoms with E-state index in [1.165, 1.54) is 6.07 Å². The van der Waals surface area contributed by atoms with Gasteiger partial charge >= 0.3 is 6.18 Å². The van der Waals surface area contributed by atoms with E-state index in [0.29, 0.717) is 24.3 Å². The van der Waals surface area contributed by atoms with Crippen LogP contribution in [0.1, 0.15) is 22.9 Å². The number of nitrogens with one attached hydrogen (secondary N) is 1. The van der Waals surface area contributed by atoms with E-state index in [2.05, 4.69) is 10.4 Å². The maximum Gasteiger partial charge on any atom is 0.416 e. The van der Waals surface area contributed by atoms with Gasteiger partial charge in [0.05, 0.1) is 24.3 Å². The van der Waals surface area contributed by atoms with Crippen LogP contribution < -0.4 is 5.32 Å². The quantitative estimate of drug-likeness (QED) is 0.932. The molecule has 3 rings (SSSR count). The standard InChI is InChI=1S/C16H15F3N4O/c17-16(18,19)12-3-1-2-11(6-12)10-24-15-9-21-8-14(15)23-5-4-13(7-20)22-23/h1-6,14-15,21H,8-10H2/t14-,15-/m1/s1. The first-order valence-corrected chi connectivity index (χ1v) is 7.41. The summed E-state index contributed by atoms with van der Waals surface area (Å²) in [6, 6.07) is 8.59. The van der Waals surface area contributed by atoms with E-state index in [-0.39, 0.29) is 18.8 Å². The highest BCUT2D eigenvalue weighted by atomic mass is 19.4. The maximum absolute atomic E-state index is 12.7. The van der Waals surface area contributed by atoms with Crippen molar-refractivity contribution in [2.75, 3.05) is 13.1 Å². The Morgan fingerprint density at radius 2 is 2.17 bits per heavy atom. The molecular weight excluding hydrogens is 321 g/mol. The zero-order valence-electron chi connectivity index (χ0n) is 12.6. The lowest BCUT2D eigenvalue weighted by molar-refractivity contribution is -0.137. The number of ether oxygens (including phenoxy) is 1. The Morgan fingerprint density at radius 1 is 1.33 bits per heavy atom. The highest BCUT2D eigenvalue weighted by Gasteiger charge is 2.32. The number of nitriles is 1. The van der Waals surface area contributed by atoms with Gasteiger partial charge in [-0.2, -0.15) is 23.5 Å². The Morgan fingerprint density at radius 3 is 2.88 bits per heavy atom. The van der Waals surface area contributed by atoms with Crippen molar-refractivity contribution in [3.8, 4) is 6.07 Å². The summed E-state index contributed by atoms with van der Waals surface area (Å²) in [6.07, 6.45) is -2.89. The number of nitrogens with zero attached hydrogens (tertiary/aromatic N) is 3. The van der Waals surface area contributed by atoms with Crippen molar-refractivity contribution in [2.45, 2.75) is 24.9 Å². The number of alkyl halides is 3. The van der Waals surface area contributed by atoms with E-state index in [9.17, 15) is 13.2 Å². The number of halogens is 3. The minimum atomic E-state index is -4.36. The fraction of sp³-hybridized carbons (Fsp3) is 0.375. The van der Waals surface area contributed by atoms with Gasteiger partial charge in [-0.05, 0) is 23.8 Å². The minimum absolute atomic E-state index is 0.0825.